The first-order valence-electron chi connectivity index (χ1n) is 14.0. The van der Waals surface area contributed by atoms with Gasteiger partial charge in [0.2, 0.25) is 15.9 Å². The molecule has 7 nitrogen and oxygen atoms in total. The molecule has 1 aromatic heterocycles. The summed E-state index contributed by atoms with van der Waals surface area (Å²) in [7, 11) is -4.08. The van der Waals surface area contributed by atoms with Crippen LogP contribution in [0, 0.1) is 6.92 Å². The highest BCUT2D eigenvalue weighted by Crippen LogP contribution is 2.34. The van der Waals surface area contributed by atoms with Gasteiger partial charge in [0.15, 0.2) is 0 Å². The van der Waals surface area contributed by atoms with Crippen LogP contribution in [0.3, 0.4) is 0 Å². The van der Waals surface area contributed by atoms with Crippen molar-refractivity contribution in [1.82, 2.24) is 9.29 Å². The molecule has 0 spiro atoms. The van der Waals surface area contributed by atoms with Gasteiger partial charge in [0.1, 0.15) is 11.0 Å². The molecule has 0 radical (unpaired) electrons. The highest BCUT2D eigenvalue weighted by Gasteiger charge is 2.46. The highest BCUT2D eigenvalue weighted by molar-refractivity contribution is 7.89. The summed E-state index contributed by atoms with van der Waals surface area (Å²) in [5.41, 5.74) is 4.56. The van der Waals surface area contributed by atoms with E-state index in [0.717, 1.165) is 56.9 Å². The van der Waals surface area contributed by atoms with Gasteiger partial charge in [-0.3, -0.25) is 9.59 Å². The summed E-state index contributed by atoms with van der Waals surface area (Å²) in [6.45, 7) is 2.16. The Bertz CT molecular complexity index is 1800. The standard InChI is InChI=1S/C32H30ClN3O4S2/c1-21-7-16-27-29(19-21)41-31(34-27)23-8-12-25(13-9-23)36-30(37)20-28(32(36)38)35(18-17-22-5-3-2-4-6-22)42(39,40)26-14-10-24(33)11-15-26/h5,7-16,19,28H,2-4,6,17-18,20H2,1H3. The zero-order chi connectivity index (χ0) is 29.4. The fourth-order valence-corrected chi connectivity index (χ4v) is 8.37. The second-order valence-corrected chi connectivity index (χ2v) is 14.1. The molecular weight excluding hydrogens is 590 g/mol. The average Bonchev–Trinajstić information content (AvgIpc) is 3.53. The molecule has 10 heteroatoms. The molecule has 2 heterocycles. The summed E-state index contributed by atoms with van der Waals surface area (Å²) in [5, 5.41) is 1.26. The van der Waals surface area contributed by atoms with Gasteiger partial charge in [-0.25, -0.2) is 18.3 Å². The molecule has 1 atom stereocenters. The number of fused-ring (bicyclic) bond motifs is 1. The van der Waals surface area contributed by atoms with E-state index in [0.29, 0.717) is 17.1 Å². The number of carbonyl (C=O) groups is 2. The van der Waals surface area contributed by atoms with E-state index in [-0.39, 0.29) is 17.9 Å². The van der Waals surface area contributed by atoms with Gasteiger partial charge in [-0.1, -0.05) is 29.3 Å². The van der Waals surface area contributed by atoms with Crippen molar-refractivity contribution in [2.75, 3.05) is 11.4 Å². The Morgan fingerprint density at radius 1 is 1.02 bits per heavy atom. The van der Waals surface area contributed by atoms with Crippen molar-refractivity contribution in [3.63, 3.8) is 0 Å². The molecule has 0 N–H and O–H groups in total. The number of aryl methyl sites for hydroxylation is 1. The monoisotopic (exact) mass is 619 g/mol. The minimum absolute atomic E-state index is 0.0404. The first kappa shape index (κ1) is 28.7. The van der Waals surface area contributed by atoms with Crippen LogP contribution in [0.15, 0.2) is 83.3 Å². The Morgan fingerprint density at radius 2 is 1.79 bits per heavy atom. The molecule has 216 valence electrons. The van der Waals surface area contributed by atoms with Crippen LogP contribution in [0.2, 0.25) is 5.02 Å². The molecule has 1 fully saturated rings. The Morgan fingerprint density at radius 3 is 2.50 bits per heavy atom. The molecule has 1 saturated heterocycles. The van der Waals surface area contributed by atoms with E-state index < -0.39 is 27.9 Å². The molecule has 1 aliphatic heterocycles. The van der Waals surface area contributed by atoms with Gasteiger partial charge < -0.3 is 0 Å². The van der Waals surface area contributed by atoms with Gasteiger partial charge in [-0.05, 0) is 105 Å². The van der Waals surface area contributed by atoms with E-state index in [9.17, 15) is 18.0 Å². The summed E-state index contributed by atoms with van der Waals surface area (Å²) >= 11 is 7.59. The van der Waals surface area contributed by atoms with E-state index in [1.165, 1.54) is 34.1 Å². The second-order valence-electron chi connectivity index (χ2n) is 10.8. The summed E-state index contributed by atoms with van der Waals surface area (Å²) in [5.74, 6) is -0.972. The summed E-state index contributed by atoms with van der Waals surface area (Å²) in [6.07, 6.45) is 6.54. The molecule has 0 bridgehead atoms. The Kier molecular flexibility index (Phi) is 8.02. The Balaban J connectivity index is 1.28. The number of amides is 2. The normalized spacial score (nSPS) is 17.8. The number of benzene rings is 3. The number of imide groups is 1. The van der Waals surface area contributed by atoms with Gasteiger partial charge in [0.05, 0.1) is 27.2 Å². The fraction of sp³-hybridized carbons (Fsp3) is 0.281. The van der Waals surface area contributed by atoms with Crippen molar-refractivity contribution in [3.8, 4) is 10.6 Å². The van der Waals surface area contributed by atoms with E-state index in [2.05, 4.69) is 12.1 Å². The van der Waals surface area contributed by atoms with Crippen LogP contribution in [0.1, 0.15) is 44.1 Å². The molecule has 3 aromatic carbocycles. The SMILES string of the molecule is Cc1ccc2nc(-c3ccc(N4C(=O)CC(N(CCC5=CCCCC5)S(=O)(=O)c5ccc(Cl)cc5)C4=O)cc3)sc2c1. The molecule has 2 aliphatic rings. The lowest BCUT2D eigenvalue weighted by Gasteiger charge is -2.28. The van der Waals surface area contributed by atoms with Gasteiger partial charge in [0, 0.05) is 17.1 Å². The number of hydrogen-bond acceptors (Lipinski definition) is 6. The highest BCUT2D eigenvalue weighted by atomic mass is 35.5. The zero-order valence-electron chi connectivity index (χ0n) is 23.1. The number of allylic oxidation sites excluding steroid dienone is 1. The van der Waals surface area contributed by atoms with Crippen LogP contribution < -0.4 is 4.90 Å². The van der Waals surface area contributed by atoms with Crippen LogP contribution in [0.5, 0.6) is 0 Å². The van der Waals surface area contributed by atoms with Gasteiger partial charge in [-0.2, -0.15) is 4.31 Å². The van der Waals surface area contributed by atoms with Gasteiger partial charge in [0.25, 0.3) is 5.91 Å². The Labute approximate surface area is 254 Å². The lowest BCUT2D eigenvalue weighted by atomic mass is 9.97. The lowest BCUT2D eigenvalue weighted by molar-refractivity contribution is -0.122. The number of anilines is 1. The summed E-state index contributed by atoms with van der Waals surface area (Å²) in [4.78, 5) is 32.9. The average molecular weight is 620 g/mol. The molecule has 2 amide bonds. The fourth-order valence-electron chi connectivity index (χ4n) is 5.59. The summed E-state index contributed by atoms with van der Waals surface area (Å²) in [6, 6.07) is 18.0. The molecule has 42 heavy (non-hydrogen) atoms. The van der Waals surface area contributed by atoms with Crippen molar-refractivity contribution in [2.45, 2.75) is 56.4 Å². The number of hydrogen-bond donors (Lipinski definition) is 0. The van der Waals surface area contributed by atoms with E-state index >= 15 is 0 Å². The van der Waals surface area contributed by atoms with Crippen LogP contribution in [0.25, 0.3) is 20.8 Å². The maximum Gasteiger partial charge on any atom is 0.252 e. The van der Waals surface area contributed by atoms with Crippen LogP contribution in [-0.4, -0.2) is 42.1 Å². The minimum atomic E-state index is -4.08. The second kappa shape index (κ2) is 11.7. The number of thiazole rings is 1. The predicted octanol–water partition coefficient (Wildman–Crippen LogP) is 7.14. The van der Waals surface area contributed by atoms with Crippen LogP contribution in [-0.2, 0) is 19.6 Å². The summed E-state index contributed by atoms with van der Waals surface area (Å²) < 4.78 is 30.0. The van der Waals surface area contributed by atoms with Crippen molar-refractivity contribution < 1.29 is 18.0 Å². The molecule has 4 aromatic rings. The number of carbonyl (C=O) groups excluding carboxylic acids is 2. The van der Waals surface area contributed by atoms with E-state index in [1.54, 1.807) is 23.5 Å². The largest absolute Gasteiger partial charge is 0.274 e. The molecular formula is C32H30ClN3O4S2. The first-order chi connectivity index (χ1) is 20.2. The van der Waals surface area contributed by atoms with Crippen molar-refractivity contribution in [1.29, 1.82) is 0 Å². The lowest BCUT2D eigenvalue weighted by Crippen LogP contribution is -2.46. The van der Waals surface area contributed by atoms with Gasteiger partial charge in [-0.15, -0.1) is 11.3 Å². The minimum Gasteiger partial charge on any atom is -0.274 e. The molecule has 0 saturated carbocycles. The number of sulfonamides is 1. The quantitative estimate of drug-likeness (QED) is 0.155. The van der Waals surface area contributed by atoms with Crippen LogP contribution in [0.4, 0.5) is 5.69 Å². The molecule has 1 unspecified atom stereocenters. The number of rotatable bonds is 8. The maximum absolute atomic E-state index is 13.9. The number of aromatic nitrogens is 1. The molecule has 6 rings (SSSR count). The first-order valence-corrected chi connectivity index (χ1v) is 16.6. The van der Waals surface area contributed by atoms with Crippen molar-refractivity contribution in [3.05, 3.63) is 89.0 Å². The third-order valence-corrected chi connectivity index (χ3v) is 11.1. The maximum atomic E-state index is 13.9. The van der Waals surface area contributed by atoms with E-state index in [1.807, 2.05) is 31.2 Å². The smallest absolute Gasteiger partial charge is 0.252 e. The Hall–Kier alpha value is -3.37. The third kappa shape index (κ3) is 5.66. The number of nitrogens with zero attached hydrogens (tertiary/aromatic N) is 3. The third-order valence-electron chi connectivity index (χ3n) is 7.85. The predicted molar refractivity (Wildman–Crippen MR) is 167 cm³/mol. The van der Waals surface area contributed by atoms with Crippen molar-refractivity contribution >= 4 is 60.7 Å². The molecule has 1 aliphatic carbocycles. The van der Waals surface area contributed by atoms with E-state index in [4.69, 9.17) is 16.6 Å². The number of halogens is 1. The van der Waals surface area contributed by atoms with Crippen molar-refractivity contribution in [2.24, 2.45) is 0 Å². The topological polar surface area (TPSA) is 87.7 Å². The van der Waals surface area contributed by atoms with Gasteiger partial charge >= 0.3 is 0 Å². The van der Waals surface area contributed by atoms with Crippen LogP contribution >= 0.6 is 22.9 Å². The zero-order valence-corrected chi connectivity index (χ0v) is 25.5.